The number of hydrogen-bond donors (Lipinski definition) is 1. The first-order valence-corrected chi connectivity index (χ1v) is 7.93. The Morgan fingerprint density at radius 3 is 2.62 bits per heavy atom. The van der Waals surface area contributed by atoms with Crippen LogP contribution in [-0.2, 0) is 14.3 Å². The van der Waals surface area contributed by atoms with Crippen molar-refractivity contribution in [2.45, 2.75) is 59.0 Å². The van der Waals surface area contributed by atoms with Gasteiger partial charge < -0.3 is 14.8 Å². The summed E-state index contributed by atoms with van der Waals surface area (Å²) in [5, 5.41) is 2.85. The first-order valence-electron chi connectivity index (χ1n) is 7.93. The van der Waals surface area contributed by atoms with Gasteiger partial charge in [0.1, 0.15) is 5.60 Å². The third-order valence-corrected chi connectivity index (χ3v) is 4.56. The molecule has 1 N–H and O–H groups in total. The third kappa shape index (κ3) is 3.50. The quantitative estimate of drug-likeness (QED) is 0.810. The van der Waals surface area contributed by atoms with Crippen LogP contribution >= 0.6 is 0 Å². The molecule has 0 saturated heterocycles. The van der Waals surface area contributed by atoms with Crippen LogP contribution in [0.2, 0.25) is 0 Å². The van der Waals surface area contributed by atoms with Crippen LogP contribution in [0.15, 0.2) is 0 Å². The predicted octanol–water partition coefficient (Wildman–Crippen LogP) is 2.88. The molecule has 1 amide bonds. The minimum atomic E-state index is -0.502. The Balaban J connectivity index is 1.93. The number of nitrogens with one attached hydrogen (secondary N) is 1. The highest BCUT2D eigenvalue weighted by Crippen LogP contribution is 2.66. The summed E-state index contributed by atoms with van der Waals surface area (Å²) in [5.41, 5.74) is -0.598. The Labute approximate surface area is 126 Å². The second-order valence-electron chi connectivity index (χ2n) is 7.17. The van der Waals surface area contributed by atoms with Crippen LogP contribution in [0, 0.1) is 17.3 Å². The third-order valence-electron chi connectivity index (χ3n) is 4.56. The molecule has 2 aliphatic rings. The van der Waals surface area contributed by atoms with E-state index in [1.165, 1.54) is 0 Å². The fraction of sp³-hybridized carbons (Fsp3) is 0.875. The molecule has 21 heavy (non-hydrogen) atoms. The molecule has 5 nitrogen and oxygen atoms in total. The molecule has 120 valence electrons. The molecule has 0 aromatic rings. The minimum absolute atomic E-state index is 0.0464. The van der Waals surface area contributed by atoms with Crippen LogP contribution in [-0.4, -0.2) is 30.8 Å². The van der Waals surface area contributed by atoms with E-state index in [9.17, 15) is 9.59 Å². The van der Waals surface area contributed by atoms with E-state index in [2.05, 4.69) is 5.32 Å². The molecule has 2 saturated carbocycles. The van der Waals surface area contributed by atoms with Crippen LogP contribution in [0.4, 0.5) is 4.79 Å². The number of carbonyl (C=O) groups is 2. The van der Waals surface area contributed by atoms with E-state index in [0.29, 0.717) is 19.1 Å². The van der Waals surface area contributed by atoms with Gasteiger partial charge in [0, 0.05) is 12.0 Å². The van der Waals surface area contributed by atoms with Crippen molar-refractivity contribution >= 4 is 12.1 Å². The molecule has 0 heterocycles. The number of fused-ring (bicyclic) bond motifs is 1. The van der Waals surface area contributed by atoms with Gasteiger partial charge in [0.15, 0.2) is 0 Å². The van der Waals surface area contributed by atoms with Crippen LogP contribution < -0.4 is 5.32 Å². The van der Waals surface area contributed by atoms with Gasteiger partial charge in [0.25, 0.3) is 0 Å². The normalized spacial score (nSPS) is 31.0. The van der Waals surface area contributed by atoms with Crippen molar-refractivity contribution in [2.24, 2.45) is 17.3 Å². The summed E-state index contributed by atoms with van der Waals surface area (Å²) in [5.74, 6) is 0.213. The summed E-state index contributed by atoms with van der Waals surface area (Å²) in [4.78, 5) is 23.9. The van der Waals surface area contributed by atoms with Gasteiger partial charge in [-0.15, -0.1) is 0 Å². The Morgan fingerprint density at radius 1 is 1.29 bits per heavy atom. The second-order valence-corrected chi connectivity index (χ2v) is 7.17. The molecular formula is C16H27NO4. The van der Waals surface area contributed by atoms with E-state index >= 15 is 0 Å². The number of carbonyl (C=O) groups excluding carboxylic acids is 2. The summed E-state index contributed by atoms with van der Waals surface area (Å²) in [6.07, 6.45) is 3.91. The van der Waals surface area contributed by atoms with Gasteiger partial charge in [-0.1, -0.05) is 12.8 Å². The topological polar surface area (TPSA) is 64.6 Å². The van der Waals surface area contributed by atoms with Crippen LogP contribution in [0.25, 0.3) is 0 Å². The van der Waals surface area contributed by atoms with Gasteiger partial charge in [-0.05, 0) is 46.5 Å². The van der Waals surface area contributed by atoms with E-state index in [4.69, 9.17) is 9.47 Å². The lowest BCUT2D eigenvalue weighted by Crippen LogP contribution is -2.37. The number of amides is 1. The number of rotatable bonds is 4. The summed E-state index contributed by atoms with van der Waals surface area (Å²) >= 11 is 0. The van der Waals surface area contributed by atoms with Crippen LogP contribution in [0.5, 0.6) is 0 Å². The van der Waals surface area contributed by atoms with E-state index in [1.807, 2.05) is 27.7 Å². The highest BCUT2D eigenvalue weighted by atomic mass is 16.6. The zero-order valence-electron chi connectivity index (χ0n) is 13.5. The molecule has 2 fully saturated rings. The van der Waals surface area contributed by atoms with E-state index in [-0.39, 0.29) is 17.3 Å². The van der Waals surface area contributed by atoms with E-state index in [0.717, 1.165) is 25.7 Å². The van der Waals surface area contributed by atoms with Crippen molar-refractivity contribution < 1.29 is 19.1 Å². The van der Waals surface area contributed by atoms with Crippen molar-refractivity contribution in [1.82, 2.24) is 5.32 Å². The monoisotopic (exact) mass is 297 g/mol. The van der Waals surface area contributed by atoms with Crippen LogP contribution in [0.1, 0.15) is 53.4 Å². The van der Waals surface area contributed by atoms with Gasteiger partial charge in [-0.25, -0.2) is 4.79 Å². The maximum Gasteiger partial charge on any atom is 0.407 e. The summed E-state index contributed by atoms with van der Waals surface area (Å²) in [6.45, 7) is 8.27. The van der Waals surface area contributed by atoms with Gasteiger partial charge in [-0.2, -0.15) is 0 Å². The van der Waals surface area contributed by atoms with E-state index in [1.54, 1.807) is 0 Å². The molecule has 2 aliphatic carbocycles. The van der Waals surface area contributed by atoms with Gasteiger partial charge in [0.05, 0.1) is 12.5 Å². The maximum absolute atomic E-state index is 12.1. The molecule has 0 aliphatic heterocycles. The Morgan fingerprint density at radius 2 is 2.00 bits per heavy atom. The number of alkyl carbamates (subject to hydrolysis) is 1. The zero-order valence-corrected chi connectivity index (χ0v) is 13.5. The molecule has 0 bridgehead atoms. The number of hydrogen-bond acceptors (Lipinski definition) is 4. The summed E-state index contributed by atoms with van der Waals surface area (Å²) in [6, 6.07) is 0. The molecule has 0 radical (unpaired) electrons. The molecule has 3 atom stereocenters. The zero-order chi connectivity index (χ0) is 15.7. The predicted molar refractivity (Wildman–Crippen MR) is 78.8 cm³/mol. The molecule has 0 unspecified atom stereocenters. The average molecular weight is 297 g/mol. The molecule has 0 aromatic carbocycles. The highest BCUT2D eigenvalue weighted by molar-refractivity contribution is 5.78. The van der Waals surface area contributed by atoms with Crippen molar-refractivity contribution in [3.8, 4) is 0 Å². The Bertz CT molecular complexity index is 415. The Hall–Kier alpha value is -1.26. The lowest BCUT2D eigenvalue weighted by atomic mass is 9.88. The SMILES string of the molecule is CCOC(=O)[C@H]1[C@@H]2CCCC[C@@]21CNC(=O)OC(C)(C)C. The second kappa shape index (κ2) is 5.85. The molecule has 0 aromatic heterocycles. The first kappa shape index (κ1) is 16.1. The van der Waals surface area contributed by atoms with Crippen molar-refractivity contribution in [2.75, 3.05) is 13.2 Å². The molecular weight excluding hydrogens is 270 g/mol. The van der Waals surface area contributed by atoms with Crippen molar-refractivity contribution in [3.63, 3.8) is 0 Å². The van der Waals surface area contributed by atoms with Crippen LogP contribution in [0.3, 0.4) is 0 Å². The lowest BCUT2D eigenvalue weighted by molar-refractivity contribution is -0.145. The molecule has 5 heteroatoms. The molecule has 2 rings (SSSR count). The lowest BCUT2D eigenvalue weighted by Gasteiger charge is -2.24. The average Bonchev–Trinajstić information content (AvgIpc) is 3.04. The fourth-order valence-electron chi connectivity index (χ4n) is 3.70. The van der Waals surface area contributed by atoms with Gasteiger partial charge in [-0.3, -0.25) is 4.79 Å². The fourth-order valence-corrected chi connectivity index (χ4v) is 3.70. The molecule has 0 spiro atoms. The largest absolute Gasteiger partial charge is 0.466 e. The van der Waals surface area contributed by atoms with Crippen molar-refractivity contribution in [3.05, 3.63) is 0 Å². The minimum Gasteiger partial charge on any atom is -0.466 e. The summed E-state index contributed by atoms with van der Waals surface area (Å²) in [7, 11) is 0. The van der Waals surface area contributed by atoms with Crippen molar-refractivity contribution in [1.29, 1.82) is 0 Å². The smallest absolute Gasteiger partial charge is 0.407 e. The maximum atomic E-state index is 12.1. The van der Waals surface area contributed by atoms with E-state index < -0.39 is 11.7 Å². The first-order chi connectivity index (χ1) is 9.80. The standard InChI is InChI=1S/C16H27NO4/c1-5-20-13(18)12-11-8-6-7-9-16(11,12)10-17-14(19)21-15(2,3)4/h11-12H,5-10H2,1-4H3,(H,17,19)/t11-,12+,16+/m0/s1. The van der Waals surface area contributed by atoms with Gasteiger partial charge in [0.2, 0.25) is 0 Å². The number of esters is 1. The highest BCUT2D eigenvalue weighted by Gasteiger charge is 2.68. The summed E-state index contributed by atoms with van der Waals surface area (Å²) < 4.78 is 10.5. The Kier molecular flexibility index (Phi) is 4.49. The van der Waals surface area contributed by atoms with Gasteiger partial charge >= 0.3 is 12.1 Å². The number of ether oxygens (including phenoxy) is 2.